The summed E-state index contributed by atoms with van der Waals surface area (Å²) in [6.45, 7) is 6.34. The number of aliphatic hydroxyl groups is 2. The van der Waals surface area contributed by atoms with Crippen molar-refractivity contribution in [3.8, 4) is 0 Å². The number of nitrogens with one attached hydrogen (secondary N) is 1. The molecule has 0 saturated carbocycles. The highest BCUT2D eigenvalue weighted by Crippen LogP contribution is 2.18. The van der Waals surface area contributed by atoms with Gasteiger partial charge in [-0.3, -0.25) is 9.59 Å². The zero-order chi connectivity index (χ0) is 41.7. The van der Waals surface area contributed by atoms with Crippen LogP contribution in [-0.4, -0.2) is 46.9 Å². The Morgan fingerprint density at radius 2 is 0.947 bits per heavy atom. The largest absolute Gasteiger partial charge is 0.462 e. The Balaban J connectivity index is 4.54. The van der Waals surface area contributed by atoms with E-state index in [9.17, 15) is 19.8 Å². The molecule has 3 N–H and O–H groups in total. The number of aliphatic hydroxyl groups excluding tert-OH is 2. The average molecular weight is 802 g/mol. The highest BCUT2D eigenvalue weighted by atomic mass is 16.5. The molecule has 0 rings (SSSR count). The molecule has 57 heavy (non-hydrogen) atoms. The van der Waals surface area contributed by atoms with Crippen LogP contribution in [0.1, 0.15) is 252 Å². The van der Waals surface area contributed by atoms with E-state index in [-0.39, 0.29) is 24.9 Å². The van der Waals surface area contributed by atoms with Crippen LogP contribution >= 0.6 is 0 Å². The molecule has 6 nitrogen and oxygen atoms in total. The van der Waals surface area contributed by atoms with E-state index in [1.807, 2.05) is 12.2 Å². The van der Waals surface area contributed by atoms with Crippen LogP contribution in [0, 0.1) is 0 Å². The van der Waals surface area contributed by atoms with Gasteiger partial charge in [0.05, 0.1) is 25.2 Å². The number of unbranched alkanes of at least 4 members (excludes halogenated alkanes) is 28. The molecule has 6 heteroatoms. The van der Waals surface area contributed by atoms with E-state index in [1.54, 1.807) is 0 Å². The van der Waals surface area contributed by atoms with Crippen LogP contribution in [0.15, 0.2) is 36.5 Å². The first-order chi connectivity index (χ1) is 28.0. The number of allylic oxidation sites excluding steroid dienone is 6. The van der Waals surface area contributed by atoms with Gasteiger partial charge in [-0.25, -0.2) is 0 Å². The first-order valence-electron chi connectivity index (χ1n) is 24.7. The molecule has 0 aliphatic rings. The lowest BCUT2D eigenvalue weighted by Gasteiger charge is -2.24. The van der Waals surface area contributed by atoms with Gasteiger partial charge in [-0.05, 0) is 44.9 Å². The van der Waals surface area contributed by atoms with Crippen molar-refractivity contribution >= 4 is 11.9 Å². The molecule has 0 aromatic carbocycles. The topological polar surface area (TPSA) is 95.9 Å². The zero-order valence-electron chi connectivity index (χ0n) is 38.0. The fraction of sp³-hybridized carbons (Fsp3) is 0.843. The Morgan fingerprint density at radius 3 is 1.42 bits per heavy atom. The highest BCUT2D eigenvalue weighted by Gasteiger charge is 2.24. The predicted molar refractivity (Wildman–Crippen MR) is 246 cm³/mol. The van der Waals surface area contributed by atoms with Crippen molar-refractivity contribution in [1.29, 1.82) is 0 Å². The third-order valence-electron chi connectivity index (χ3n) is 11.3. The number of hydrogen-bond donors (Lipinski definition) is 3. The molecule has 1 amide bonds. The Hall–Kier alpha value is -1.92. The molecule has 3 atom stereocenters. The molecule has 0 heterocycles. The fourth-order valence-electron chi connectivity index (χ4n) is 7.55. The highest BCUT2D eigenvalue weighted by molar-refractivity contribution is 5.77. The summed E-state index contributed by atoms with van der Waals surface area (Å²) >= 11 is 0. The monoisotopic (exact) mass is 802 g/mol. The van der Waals surface area contributed by atoms with Gasteiger partial charge in [-0.1, -0.05) is 231 Å². The smallest absolute Gasteiger partial charge is 0.306 e. The third-order valence-corrected chi connectivity index (χ3v) is 11.3. The van der Waals surface area contributed by atoms with Crippen molar-refractivity contribution in [2.75, 3.05) is 6.61 Å². The number of carbonyl (C=O) groups is 2. The molecule has 0 spiro atoms. The van der Waals surface area contributed by atoms with E-state index in [0.717, 1.165) is 70.6 Å². The molecule has 334 valence electrons. The molecule has 0 aromatic heterocycles. The normalized spacial score (nSPS) is 13.6. The van der Waals surface area contributed by atoms with Gasteiger partial charge in [-0.15, -0.1) is 0 Å². The van der Waals surface area contributed by atoms with Gasteiger partial charge in [0.1, 0.15) is 6.10 Å². The second-order valence-electron chi connectivity index (χ2n) is 16.9. The summed E-state index contributed by atoms with van der Waals surface area (Å²) in [5.41, 5.74) is 0. The molecular formula is C51H95NO5. The van der Waals surface area contributed by atoms with Crippen LogP contribution in [0.25, 0.3) is 0 Å². The van der Waals surface area contributed by atoms with Crippen molar-refractivity contribution < 1.29 is 24.5 Å². The summed E-state index contributed by atoms with van der Waals surface area (Å²) in [5.74, 6) is -0.501. The number of hydrogen-bond acceptors (Lipinski definition) is 5. The summed E-state index contributed by atoms with van der Waals surface area (Å²) < 4.78 is 5.90. The number of amides is 1. The minimum Gasteiger partial charge on any atom is -0.462 e. The molecule has 0 saturated heterocycles. The Morgan fingerprint density at radius 1 is 0.526 bits per heavy atom. The first kappa shape index (κ1) is 55.1. The van der Waals surface area contributed by atoms with E-state index in [1.165, 1.54) is 135 Å². The van der Waals surface area contributed by atoms with Gasteiger partial charge in [0.2, 0.25) is 5.91 Å². The number of esters is 1. The van der Waals surface area contributed by atoms with Crippen LogP contribution in [0.5, 0.6) is 0 Å². The molecule has 0 bridgehead atoms. The summed E-state index contributed by atoms with van der Waals surface area (Å²) in [4.78, 5) is 26.0. The van der Waals surface area contributed by atoms with Crippen LogP contribution in [-0.2, 0) is 14.3 Å². The van der Waals surface area contributed by atoms with Gasteiger partial charge in [0.15, 0.2) is 0 Å². The molecule has 0 fully saturated rings. The Kier molecular flexibility index (Phi) is 43.6. The minimum atomic E-state index is -0.793. The standard InChI is InChI=1S/C51H95NO5/c1-4-7-10-13-16-19-22-23-24-25-26-29-32-35-38-41-44-51(56)57-47(42-39-36-33-30-27-20-17-14-11-8-5-2)45-50(55)52-48(46-53)49(54)43-40-37-34-31-28-21-18-15-12-9-6-3/h8,11,14,17,20,27,47-49,53-54H,4-7,9-10,12-13,15-16,18-19,21-26,28-46H2,1-3H3,(H,52,55)/b11-8+,17-14+,27-20-. The number of ether oxygens (including phenoxy) is 1. The summed E-state index contributed by atoms with van der Waals surface area (Å²) in [6.07, 6.45) is 52.1. The Labute approximate surface area is 353 Å². The second-order valence-corrected chi connectivity index (χ2v) is 16.9. The van der Waals surface area contributed by atoms with Crippen molar-refractivity contribution in [3.63, 3.8) is 0 Å². The van der Waals surface area contributed by atoms with Crippen LogP contribution in [0.3, 0.4) is 0 Å². The van der Waals surface area contributed by atoms with E-state index in [0.29, 0.717) is 19.3 Å². The van der Waals surface area contributed by atoms with E-state index in [4.69, 9.17) is 4.74 Å². The van der Waals surface area contributed by atoms with Gasteiger partial charge in [0, 0.05) is 6.42 Å². The number of carbonyl (C=O) groups excluding carboxylic acids is 2. The lowest BCUT2D eigenvalue weighted by molar-refractivity contribution is -0.151. The summed E-state index contributed by atoms with van der Waals surface area (Å²) in [6, 6.07) is -0.708. The third kappa shape index (κ3) is 40.6. The van der Waals surface area contributed by atoms with E-state index >= 15 is 0 Å². The summed E-state index contributed by atoms with van der Waals surface area (Å²) in [7, 11) is 0. The van der Waals surface area contributed by atoms with E-state index < -0.39 is 18.2 Å². The lowest BCUT2D eigenvalue weighted by atomic mass is 10.0. The summed E-state index contributed by atoms with van der Waals surface area (Å²) in [5, 5.41) is 23.7. The predicted octanol–water partition coefficient (Wildman–Crippen LogP) is 14.5. The zero-order valence-corrected chi connectivity index (χ0v) is 38.0. The van der Waals surface area contributed by atoms with Crippen molar-refractivity contribution in [2.45, 2.75) is 270 Å². The molecule has 0 aromatic rings. The first-order valence-corrected chi connectivity index (χ1v) is 24.7. The van der Waals surface area contributed by atoms with Crippen molar-refractivity contribution in [3.05, 3.63) is 36.5 Å². The van der Waals surface area contributed by atoms with Crippen LogP contribution < -0.4 is 5.32 Å². The maximum atomic E-state index is 13.1. The lowest BCUT2D eigenvalue weighted by Crippen LogP contribution is -2.46. The Bertz CT molecular complexity index is 946. The maximum absolute atomic E-state index is 13.1. The maximum Gasteiger partial charge on any atom is 0.306 e. The fourth-order valence-corrected chi connectivity index (χ4v) is 7.55. The molecule has 0 radical (unpaired) electrons. The van der Waals surface area contributed by atoms with Gasteiger partial charge < -0.3 is 20.3 Å². The molecular weight excluding hydrogens is 707 g/mol. The van der Waals surface area contributed by atoms with E-state index in [2.05, 4.69) is 50.4 Å². The molecule has 0 aliphatic heterocycles. The van der Waals surface area contributed by atoms with Crippen LogP contribution in [0.4, 0.5) is 0 Å². The minimum absolute atomic E-state index is 0.0579. The quantitative estimate of drug-likeness (QED) is 0.0324. The van der Waals surface area contributed by atoms with Gasteiger partial charge in [-0.2, -0.15) is 0 Å². The molecule has 0 aliphatic carbocycles. The van der Waals surface area contributed by atoms with Crippen molar-refractivity contribution in [1.82, 2.24) is 5.32 Å². The van der Waals surface area contributed by atoms with Crippen molar-refractivity contribution in [2.24, 2.45) is 0 Å². The molecule has 3 unspecified atom stereocenters. The average Bonchev–Trinajstić information content (AvgIpc) is 3.20. The number of rotatable bonds is 44. The van der Waals surface area contributed by atoms with Gasteiger partial charge in [0.25, 0.3) is 0 Å². The van der Waals surface area contributed by atoms with Crippen LogP contribution in [0.2, 0.25) is 0 Å². The second kappa shape index (κ2) is 45.2. The SMILES string of the molecule is CC/C=C/C=C/C=C\CCCCCC(CC(=O)NC(CO)C(O)CCCCCCCCCCCCC)OC(=O)CCCCCCCCCCCCCCCCCC. The van der Waals surface area contributed by atoms with Gasteiger partial charge >= 0.3 is 5.97 Å².